The third-order valence-corrected chi connectivity index (χ3v) is 3.38. The van der Waals surface area contributed by atoms with Gasteiger partial charge in [0.2, 0.25) is 0 Å². The Balaban J connectivity index is 1.97. The van der Waals surface area contributed by atoms with Gasteiger partial charge in [0, 0.05) is 0 Å². The molecule has 0 spiro atoms. The molecule has 2 amide bonds. The van der Waals surface area contributed by atoms with Gasteiger partial charge in [0.05, 0.1) is 30.9 Å². The molecule has 2 aromatic rings. The first-order chi connectivity index (χ1) is 11.3. The second-order valence-electron chi connectivity index (χ2n) is 5.16. The van der Waals surface area contributed by atoms with Gasteiger partial charge in [-0.25, -0.2) is 4.79 Å². The molecule has 24 heavy (non-hydrogen) atoms. The lowest BCUT2D eigenvalue weighted by Gasteiger charge is -2.19. The van der Waals surface area contributed by atoms with Gasteiger partial charge in [-0.1, -0.05) is 18.2 Å². The molecule has 0 bridgehead atoms. The molecule has 0 fully saturated rings. The number of amides is 2. The van der Waals surface area contributed by atoms with Gasteiger partial charge < -0.3 is 10.6 Å². The fourth-order valence-corrected chi connectivity index (χ4v) is 2.20. The van der Waals surface area contributed by atoms with E-state index >= 15 is 0 Å². The molecule has 9 heteroatoms. The lowest BCUT2D eigenvalue weighted by atomic mass is 10.0. The van der Waals surface area contributed by atoms with Gasteiger partial charge in [0.15, 0.2) is 0 Å². The largest absolute Gasteiger partial charge is 0.416 e. The number of benzene rings is 1. The Morgan fingerprint density at radius 1 is 1.33 bits per heavy atom. The van der Waals surface area contributed by atoms with E-state index in [0.717, 1.165) is 6.07 Å². The van der Waals surface area contributed by atoms with Crippen LogP contribution in [-0.4, -0.2) is 21.0 Å². The summed E-state index contributed by atoms with van der Waals surface area (Å²) in [5.41, 5.74) is -0.184. The lowest BCUT2D eigenvalue weighted by molar-refractivity contribution is -0.138. The number of urea groups is 1. The standard InChI is InChI=1S/C15H18F3N5O/c1-3-23-20-9-11(22-23)8-19-14(24)21-10(2)12-6-4-5-7-13(12)15(16,17)18/h4-7,9-10H,3,8H2,1-2H3,(H2,19,21,24). The minimum atomic E-state index is -4.47. The van der Waals surface area contributed by atoms with Gasteiger partial charge in [-0.3, -0.25) is 0 Å². The summed E-state index contributed by atoms with van der Waals surface area (Å²) in [6, 6.07) is 3.79. The molecular weight excluding hydrogens is 323 g/mol. The smallest absolute Gasteiger partial charge is 0.332 e. The van der Waals surface area contributed by atoms with Gasteiger partial charge >= 0.3 is 12.2 Å². The van der Waals surface area contributed by atoms with E-state index in [9.17, 15) is 18.0 Å². The van der Waals surface area contributed by atoms with Crippen LogP contribution in [0, 0.1) is 0 Å². The predicted molar refractivity (Wildman–Crippen MR) is 80.9 cm³/mol. The van der Waals surface area contributed by atoms with Crippen molar-refractivity contribution >= 4 is 6.03 Å². The number of aryl methyl sites for hydroxylation is 1. The Labute approximate surface area is 137 Å². The van der Waals surface area contributed by atoms with Crippen LogP contribution in [0.25, 0.3) is 0 Å². The van der Waals surface area contributed by atoms with Crippen molar-refractivity contribution in [1.82, 2.24) is 25.6 Å². The van der Waals surface area contributed by atoms with Crippen LogP contribution in [0.4, 0.5) is 18.0 Å². The second-order valence-corrected chi connectivity index (χ2v) is 5.16. The van der Waals surface area contributed by atoms with Crippen molar-refractivity contribution in [3.8, 4) is 0 Å². The van der Waals surface area contributed by atoms with Crippen LogP contribution in [-0.2, 0) is 19.3 Å². The summed E-state index contributed by atoms with van der Waals surface area (Å²) in [6.07, 6.45) is -2.95. The number of carbonyl (C=O) groups excluding carboxylic acids is 1. The summed E-state index contributed by atoms with van der Waals surface area (Å²) in [4.78, 5) is 13.3. The van der Waals surface area contributed by atoms with Gasteiger partial charge in [-0.15, -0.1) is 0 Å². The highest BCUT2D eigenvalue weighted by molar-refractivity contribution is 5.74. The number of nitrogens with zero attached hydrogens (tertiary/aromatic N) is 3. The SMILES string of the molecule is CCn1ncc(CNC(=O)NC(C)c2ccccc2C(F)(F)F)n1. The van der Waals surface area contributed by atoms with Crippen LogP contribution in [0.15, 0.2) is 30.5 Å². The molecule has 2 N–H and O–H groups in total. The third kappa shape index (κ3) is 4.46. The first-order valence-electron chi connectivity index (χ1n) is 7.40. The molecule has 1 atom stereocenters. The van der Waals surface area contributed by atoms with Gasteiger partial charge in [0.25, 0.3) is 0 Å². The van der Waals surface area contributed by atoms with E-state index in [2.05, 4.69) is 20.8 Å². The zero-order valence-electron chi connectivity index (χ0n) is 13.3. The van der Waals surface area contributed by atoms with E-state index in [1.165, 1.54) is 36.1 Å². The molecule has 0 saturated carbocycles. The quantitative estimate of drug-likeness (QED) is 0.878. The molecule has 2 rings (SSSR count). The minimum absolute atomic E-state index is 0.0112. The first-order valence-corrected chi connectivity index (χ1v) is 7.40. The Hall–Kier alpha value is -2.58. The molecule has 1 unspecified atom stereocenters. The number of rotatable bonds is 5. The molecule has 1 aromatic carbocycles. The maximum atomic E-state index is 13.0. The molecule has 130 valence electrons. The fourth-order valence-electron chi connectivity index (χ4n) is 2.20. The monoisotopic (exact) mass is 341 g/mol. The number of nitrogens with one attached hydrogen (secondary N) is 2. The highest BCUT2D eigenvalue weighted by Crippen LogP contribution is 2.34. The van der Waals surface area contributed by atoms with Crippen LogP contribution in [0.3, 0.4) is 0 Å². The highest BCUT2D eigenvalue weighted by Gasteiger charge is 2.34. The van der Waals surface area contributed by atoms with Crippen molar-refractivity contribution in [2.75, 3.05) is 0 Å². The first kappa shape index (κ1) is 17.8. The van der Waals surface area contributed by atoms with Crippen molar-refractivity contribution in [2.24, 2.45) is 0 Å². The maximum Gasteiger partial charge on any atom is 0.416 e. The Bertz CT molecular complexity index is 698. The average molecular weight is 341 g/mol. The molecule has 0 saturated heterocycles. The van der Waals surface area contributed by atoms with E-state index in [4.69, 9.17) is 0 Å². The molecule has 0 aliphatic carbocycles. The van der Waals surface area contributed by atoms with Crippen molar-refractivity contribution in [1.29, 1.82) is 0 Å². The number of carbonyl (C=O) groups is 1. The molecule has 0 radical (unpaired) electrons. The minimum Gasteiger partial charge on any atom is -0.332 e. The summed E-state index contributed by atoms with van der Waals surface area (Å²) in [5, 5.41) is 13.1. The average Bonchev–Trinajstić information content (AvgIpc) is 3.00. The summed E-state index contributed by atoms with van der Waals surface area (Å²) >= 11 is 0. The zero-order chi connectivity index (χ0) is 17.7. The molecule has 1 aromatic heterocycles. The Kier molecular flexibility index (Phi) is 5.42. The number of hydrogen-bond acceptors (Lipinski definition) is 3. The molecular formula is C15H18F3N5O. The van der Waals surface area contributed by atoms with E-state index < -0.39 is 23.8 Å². The van der Waals surface area contributed by atoms with E-state index in [1.807, 2.05) is 6.92 Å². The van der Waals surface area contributed by atoms with Crippen LogP contribution in [0.5, 0.6) is 0 Å². The van der Waals surface area contributed by atoms with Crippen LogP contribution in [0.1, 0.15) is 36.7 Å². The van der Waals surface area contributed by atoms with Crippen molar-refractivity contribution in [2.45, 2.75) is 39.2 Å². The number of halogens is 3. The van der Waals surface area contributed by atoms with E-state index in [-0.39, 0.29) is 12.1 Å². The summed E-state index contributed by atoms with van der Waals surface area (Å²) in [5.74, 6) is 0. The van der Waals surface area contributed by atoms with Gasteiger partial charge in [-0.2, -0.15) is 28.2 Å². The van der Waals surface area contributed by atoms with Crippen LogP contribution < -0.4 is 10.6 Å². The summed E-state index contributed by atoms with van der Waals surface area (Å²) in [7, 11) is 0. The van der Waals surface area contributed by atoms with Crippen LogP contribution in [0.2, 0.25) is 0 Å². The second kappa shape index (κ2) is 7.33. The van der Waals surface area contributed by atoms with Crippen LogP contribution >= 0.6 is 0 Å². The number of hydrogen-bond donors (Lipinski definition) is 2. The van der Waals surface area contributed by atoms with Gasteiger partial charge in [-0.05, 0) is 25.5 Å². The zero-order valence-corrected chi connectivity index (χ0v) is 13.3. The van der Waals surface area contributed by atoms with Crippen molar-refractivity contribution < 1.29 is 18.0 Å². The van der Waals surface area contributed by atoms with Crippen molar-refractivity contribution in [3.05, 3.63) is 47.3 Å². The Morgan fingerprint density at radius 3 is 2.67 bits per heavy atom. The predicted octanol–water partition coefficient (Wildman–Crippen LogP) is 2.88. The van der Waals surface area contributed by atoms with E-state index in [1.54, 1.807) is 0 Å². The molecule has 1 heterocycles. The summed E-state index contributed by atoms with van der Waals surface area (Å²) in [6.45, 7) is 4.12. The molecule has 0 aliphatic rings. The molecule has 6 nitrogen and oxygen atoms in total. The molecule has 0 aliphatic heterocycles. The van der Waals surface area contributed by atoms with E-state index in [0.29, 0.717) is 12.2 Å². The highest BCUT2D eigenvalue weighted by atomic mass is 19.4. The number of aromatic nitrogens is 3. The van der Waals surface area contributed by atoms with Crippen molar-refractivity contribution in [3.63, 3.8) is 0 Å². The normalized spacial score (nSPS) is 12.7. The topological polar surface area (TPSA) is 71.8 Å². The lowest BCUT2D eigenvalue weighted by Crippen LogP contribution is -2.37. The maximum absolute atomic E-state index is 13.0. The van der Waals surface area contributed by atoms with Gasteiger partial charge in [0.1, 0.15) is 5.69 Å². The third-order valence-electron chi connectivity index (χ3n) is 3.38. The summed E-state index contributed by atoms with van der Waals surface area (Å²) < 4.78 is 39.0. The number of alkyl halides is 3. The fraction of sp³-hybridized carbons (Fsp3) is 0.400. The Morgan fingerprint density at radius 2 is 2.04 bits per heavy atom.